The molecule has 1 aromatic carbocycles. The second-order valence-corrected chi connectivity index (χ2v) is 5.41. The van der Waals surface area contributed by atoms with Gasteiger partial charge in [0.25, 0.3) is 0 Å². The SMILES string of the molecule is CNC(=O)CCN1C(=O)CS[C@@H]1c1ccc(F)cc1F. The van der Waals surface area contributed by atoms with Crippen molar-refractivity contribution in [3.8, 4) is 0 Å². The third-order valence-corrected chi connectivity index (χ3v) is 4.29. The van der Waals surface area contributed by atoms with Crippen molar-refractivity contribution in [2.24, 2.45) is 0 Å². The molecule has 20 heavy (non-hydrogen) atoms. The van der Waals surface area contributed by atoms with Crippen LogP contribution in [-0.4, -0.2) is 36.1 Å². The largest absolute Gasteiger partial charge is 0.359 e. The Morgan fingerprint density at radius 1 is 1.50 bits per heavy atom. The van der Waals surface area contributed by atoms with Crippen molar-refractivity contribution in [1.29, 1.82) is 0 Å². The van der Waals surface area contributed by atoms with E-state index in [9.17, 15) is 18.4 Å². The molecule has 0 bridgehead atoms. The van der Waals surface area contributed by atoms with E-state index in [1.165, 1.54) is 35.8 Å². The van der Waals surface area contributed by atoms with Crippen molar-refractivity contribution in [2.45, 2.75) is 11.8 Å². The summed E-state index contributed by atoms with van der Waals surface area (Å²) in [6.45, 7) is 0.215. The number of thioether (sulfide) groups is 1. The number of rotatable bonds is 4. The molecule has 2 amide bonds. The van der Waals surface area contributed by atoms with Gasteiger partial charge in [-0.3, -0.25) is 9.59 Å². The Morgan fingerprint density at radius 3 is 2.90 bits per heavy atom. The number of hydrogen-bond acceptors (Lipinski definition) is 3. The van der Waals surface area contributed by atoms with Crippen LogP contribution < -0.4 is 5.32 Å². The minimum absolute atomic E-state index is 0.146. The molecule has 1 aromatic rings. The summed E-state index contributed by atoms with van der Waals surface area (Å²) in [5.41, 5.74) is 0.263. The highest BCUT2D eigenvalue weighted by atomic mass is 32.2. The number of halogens is 2. The first kappa shape index (κ1) is 14.8. The quantitative estimate of drug-likeness (QED) is 0.920. The molecule has 0 unspecified atom stereocenters. The highest BCUT2D eigenvalue weighted by molar-refractivity contribution is 8.00. The predicted molar refractivity (Wildman–Crippen MR) is 72.0 cm³/mol. The second-order valence-electron chi connectivity index (χ2n) is 4.34. The monoisotopic (exact) mass is 300 g/mol. The van der Waals surface area contributed by atoms with Gasteiger partial charge in [-0.25, -0.2) is 8.78 Å². The first-order valence-electron chi connectivity index (χ1n) is 6.09. The molecule has 0 aromatic heterocycles. The Bertz CT molecular complexity index is 539. The van der Waals surface area contributed by atoms with Gasteiger partial charge in [-0.05, 0) is 6.07 Å². The number of nitrogens with zero attached hydrogens (tertiary/aromatic N) is 1. The summed E-state index contributed by atoms with van der Waals surface area (Å²) >= 11 is 1.27. The van der Waals surface area contributed by atoms with Crippen molar-refractivity contribution in [3.63, 3.8) is 0 Å². The van der Waals surface area contributed by atoms with Crippen molar-refractivity contribution < 1.29 is 18.4 Å². The van der Waals surface area contributed by atoms with Gasteiger partial charge in [-0.1, -0.05) is 6.07 Å². The molecule has 108 valence electrons. The van der Waals surface area contributed by atoms with Crippen LogP contribution in [0.1, 0.15) is 17.4 Å². The number of benzene rings is 1. The zero-order valence-electron chi connectivity index (χ0n) is 10.9. The van der Waals surface area contributed by atoms with Gasteiger partial charge in [0, 0.05) is 31.6 Å². The molecule has 0 aliphatic carbocycles. The maximum Gasteiger partial charge on any atom is 0.233 e. The van der Waals surface area contributed by atoms with Crippen LogP contribution in [0.4, 0.5) is 8.78 Å². The molecule has 1 aliphatic rings. The van der Waals surface area contributed by atoms with E-state index in [1.807, 2.05) is 0 Å². The molecular formula is C13H14F2N2O2S. The number of nitrogens with one attached hydrogen (secondary N) is 1. The minimum Gasteiger partial charge on any atom is -0.359 e. The number of amides is 2. The summed E-state index contributed by atoms with van der Waals surface area (Å²) in [6.07, 6.45) is 0.155. The summed E-state index contributed by atoms with van der Waals surface area (Å²) in [5.74, 6) is -1.44. The molecule has 1 aliphatic heterocycles. The lowest BCUT2D eigenvalue weighted by molar-refractivity contribution is -0.129. The molecule has 1 fully saturated rings. The van der Waals surface area contributed by atoms with Crippen LogP contribution in [-0.2, 0) is 9.59 Å². The van der Waals surface area contributed by atoms with E-state index in [1.54, 1.807) is 0 Å². The Hall–Kier alpha value is -1.63. The maximum atomic E-state index is 13.8. The number of carbonyl (C=O) groups excluding carboxylic acids is 2. The normalized spacial score (nSPS) is 18.4. The fourth-order valence-electron chi connectivity index (χ4n) is 2.00. The average molecular weight is 300 g/mol. The molecule has 1 atom stereocenters. The molecular weight excluding hydrogens is 286 g/mol. The van der Waals surface area contributed by atoms with E-state index < -0.39 is 17.0 Å². The fourth-order valence-corrected chi connectivity index (χ4v) is 3.24. The lowest BCUT2D eigenvalue weighted by Gasteiger charge is -2.24. The Kier molecular flexibility index (Phi) is 4.59. The highest BCUT2D eigenvalue weighted by Gasteiger charge is 2.34. The van der Waals surface area contributed by atoms with Gasteiger partial charge in [-0.15, -0.1) is 11.8 Å². The molecule has 1 N–H and O–H groups in total. The van der Waals surface area contributed by atoms with E-state index in [-0.39, 0.29) is 36.1 Å². The first-order chi connectivity index (χ1) is 9.52. The lowest BCUT2D eigenvalue weighted by Crippen LogP contribution is -2.32. The number of hydrogen-bond donors (Lipinski definition) is 1. The van der Waals surface area contributed by atoms with Crippen LogP contribution in [0.25, 0.3) is 0 Å². The van der Waals surface area contributed by atoms with Crippen molar-refractivity contribution in [3.05, 3.63) is 35.4 Å². The molecule has 4 nitrogen and oxygen atoms in total. The van der Waals surface area contributed by atoms with Crippen LogP contribution in [0.3, 0.4) is 0 Å². The third-order valence-electron chi connectivity index (χ3n) is 3.06. The zero-order valence-corrected chi connectivity index (χ0v) is 11.7. The Balaban J connectivity index is 2.17. The van der Waals surface area contributed by atoms with Gasteiger partial charge in [0.05, 0.1) is 5.75 Å². The van der Waals surface area contributed by atoms with E-state index in [4.69, 9.17) is 0 Å². The highest BCUT2D eigenvalue weighted by Crippen LogP contribution is 2.39. The fraction of sp³-hybridized carbons (Fsp3) is 0.385. The molecule has 7 heteroatoms. The maximum absolute atomic E-state index is 13.8. The van der Waals surface area contributed by atoms with Gasteiger partial charge >= 0.3 is 0 Å². The van der Waals surface area contributed by atoms with Gasteiger partial charge in [-0.2, -0.15) is 0 Å². The summed E-state index contributed by atoms with van der Waals surface area (Å²) in [6, 6.07) is 3.31. The van der Waals surface area contributed by atoms with Gasteiger partial charge in [0.2, 0.25) is 11.8 Å². The summed E-state index contributed by atoms with van der Waals surface area (Å²) in [4.78, 5) is 24.5. The van der Waals surface area contributed by atoms with E-state index >= 15 is 0 Å². The average Bonchev–Trinajstić information content (AvgIpc) is 2.77. The van der Waals surface area contributed by atoms with E-state index in [2.05, 4.69) is 5.32 Å². The van der Waals surface area contributed by atoms with Crippen LogP contribution in [0.15, 0.2) is 18.2 Å². The van der Waals surface area contributed by atoms with Crippen molar-refractivity contribution >= 4 is 23.6 Å². The van der Waals surface area contributed by atoms with E-state index in [0.717, 1.165) is 6.07 Å². The van der Waals surface area contributed by atoms with Crippen molar-refractivity contribution in [2.75, 3.05) is 19.3 Å². The standard InChI is InChI=1S/C13H14F2N2O2S/c1-16-11(18)4-5-17-12(19)7-20-13(17)9-3-2-8(14)6-10(9)15/h2-3,6,13H,4-5,7H2,1H3,(H,16,18)/t13-/m1/s1. The van der Waals surface area contributed by atoms with Gasteiger partial charge < -0.3 is 10.2 Å². The van der Waals surface area contributed by atoms with Crippen molar-refractivity contribution in [1.82, 2.24) is 10.2 Å². The smallest absolute Gasteiger partial charge is 0.233 e. The van der Waals surface area contributed by atoms with Crippen LogP contribution in [0.5, 0.6) is 0 Å². The molecule has 2 rings (SSSR count). The van der Waals surface area contributed by atoms with Crippen LogP contribution in [0.2, 0.25) is 0 Å². The predicted octanol–water partition coefficient (Wildman–Crippen LogP) is 1.67. The van der Waals surface area contributed by atoms with Crippen LogP contribution >= 0.6 is 11.8 Å². The first-order valence-corrected chi connectivity index (χ1v) is 7.14. The van der Waals surface area contributed by atoms with E-state index in [0.29, 0.717) is 0 Å². The van der Waals surface area contributed by atoms with Gasteiger partial charge in [0.1, 0.15) is 17.0 Å². The summed E-state index contributed by atoms with van der Waals surface area (Å²) < 4.78 is 26.7. The Labute approximate surface area is 119 Å². The lowest BCUT2D eigenvalue weighted by atomic mass is 10.2. The molecule has 0 saturated carbocycles. The zero-order chi connectivity index (χ0) is 14.7. The van der Waals surface area contributed by atoms with Gasteiger partial charge in [0.15, 0.2) is 0 Å². The van der Waals surface area contributed by atoms with Crippen LogP contribution in [0, 0.1) is 11.6 Å². The third kappa shape index (κ3) is 3.09. The second kappa shape index (κ2) is 6.21. The molecule has 0 radical (unpaired) electrons. The minimum atomic E-state index is -0.679. The Morgan fingerprint density at radius 2 is 2.25 bits per heavy atom. The molecule has 1 heterocycles. The summed E-state index contributed by atoms with van der Waals surface area (Å²) in [5, 5.41) is 1.96. The number of carbonyl (C=O) groups is 2. The topological polar surface area (TPSA) is 49.4 Å². The summed E-state index contributed by atoms with van der Waals surface area (Å²) in [7, 11) is 1.51. The molecule has 0 spiro atoms. The molecule has 1 saturated heterocycles.